The van der Waals surface area contributed by atoms with E-state index in [0.717, 1.165) is 38.9 Å². The molecule has 0 aliphatic rings. The summed E-state index contributed by atoms with van der Waals surface area (Å²) in [6.07, 6.45) is 2.23. The Balaban J connectivity index is 1.93. The molecule has 0 N–H and O–H groups in total. The van der Waals surface area contributed by atoms with Crippen molar-refractivity contribution in [2.45, 2.75) is 13.0 Å². The second-order valence-corrected chi connectivity index (χ2v) is 6.55. The number of aryl methyl sites for hydroxylation is 1. The van der Waals surface area contributed by atoms with Crippen molar-refractivity contribution >= 4 is 27.5 Å². The molecule has 3 aromatic rings. The third-order valence-electron chi connectivity index (χ3n) is 4.37. The summed E-state index contributed by atoms with van der Waals surface area (Å²) in [6.45, 7) is 9.89. The zero-order chi connectivity index (χ0) is 19.9. The lowest BCUT2D eigenvalue weighted by Crippen LogP contribution is -2.29. The van der Waals surface area contributed by atoms with Crippen LogP contribution in [0.4, 0.5) is 0 Å². The van der Waals surface area contributed by atoms with Crippen LogP contribution >= 0.6 is 0 Å². The molecular weight excluding hydrogens is 352 g/mol. The fraction of sp³-hybridized carbons (Fsp3) is 0.208. The molecule has 0 aliphatic carbocycles. The van der Waals surface area contributed by atoms with Crippen LogP contribution in [0.3, 0.4) is 0 Å². The standard InChI is InChI=1S/C24H24O4/c1-4-12-26-15-20(28-23(25)5-2)16-27-24-21-9-7-6-8-18(21)14-19-11-10-17(3)13-22(19)24/h4-11,13-14,20H,1-2,12,15-16H2,3H3. The Labute approximate surface area is 165 Å². The van der Waals surface area contributed by atoms with Crippen molar-refractivity contribution in [3.8, 4) is 5.75 Å². The molecule has 4 heteroatoms. The van der Waals surface area contributed by atoms with Gasteiger partial charge in [0.05, 0.1) is 13.2 Å². The zero-order valence-corrected chi connectivity index (χ0v) is 16.0. The van der Waals surface area contributed by atoms with Gasteiger partial charge in [-0.25, -0.2) is 4.79 Å². The van der Waals surface area contributed by atoms with E-state index in [1.54, 1.807) is 6.08 Å². The van der Waals surface area contributed by atoms with Crippen LogP contribution in [0.1, 0.15) is 5.56 Å². The lowest BCUT2D eigenvalue weighted by molar-refractivity contribution is -0.147. The number of rotatable bonds is 9. The van der Waals surface area contributed by atoms with Crippen LogP contribution in [0.15, 0.2) is 73.8 Å². The van der Waals surface area contributed by atoms with E-state index in [0.29, 0.717) is 6.61 Å². The van der Waals surface area contributed by atoms with Gasteiger partial charge in [-0.05, 0) is 29.8 Å². The molecule has 0 amide bonds. The minimum absolute atomic E-state index is 0.174. The van der Waals surface area contributed by atoms with Crippen molar-refractivity contribution in [2.75, 3.05) is 19.8 Å². The molecule has 0 aromatic heterocycles. The van der Waals surface area contributed by atoms with Gasteiger partial charge in [0, 0.05) is 16.8 Å². The van der Waals surface area contributed by atoms with Crippen LogP contribution in [0.5, 0.6) is 5.75 Å². The third kappa shape index (κ3) is 4.59. The Hall–Kier alpha value is -3.11. The minimum Gasteiger partial charge on any atom is -0.488 e. The number of carbonyl (C=O) groups excluding carboxylic acids is 1. The molecular formula is C24H24O4. The van der Waals surface area contributed by atoms with Gasteiger partial charge in [-0.15, -0.1) is 6.58 Å². The van der Waals surface area contributed by atoms with E-state index in [1.807, 2.05) is 18.2 Å². The minimum atomic E-state index is -0.552. The molecule has 28 heavy (non-hydrogen) atoms. The van der Waals surface area contributed by atoms with E-state index in [9.17, 15) is 4.79 Å². The molecule has 0 bridgehead atoms. The predicted molar refractivity (Wildman–Crippen MR) is 113 cm³/mol. The number of fused-ring (bicyclic) bond motifs is 2. The maximum absolute atomic E-state index is 11.7. The number of carbonyl (C=O) groups is 1. The predicted octanol–water partition coefficient (Wildman–Crippen LogP) is 4.98. The van der Waals surface area contributed by atoms with Gasteiger partial charge >= 0.3 is 5.97 Å². The molecule has 3 rings (SSSR count). The first kappa shape index (κ1) is 19.6. The Morgan fingerprint density at radius 3 is 2.61 bits per heavy atom. The summed E-state index contributed by atoms with van der Waals surface area (Å²) in [5, 5.41) is 4.24. The largest absolute Gasteiger partial charge is 0.488 e. The average Bonchev–Trinajstić information content (AvgIpc) is 2.71. The summed E-state index contributed by atoms with van der Waals surface area (Å²) in [6, 6.07) is 16.5. The van der Waals surface area contributed by atoms with Crippen LogP contribution in [-0.4, -0.2) is 31.9 Å². The first-order chi connectivity index (χ1) is 13.6. The highest BCUT2D eigenvalue weighted by Gasteiger charge is 2.17. The summed E-state index contributed by atoms with van der Waals surface area (Å²) in [4.78, 5) is 11.7. The molecule has 0 fully saturated rings. The van der Waals surface area contributed by atoms with Crippen molar-refractivity contribution in [2.24, 2.45) is 0 Å². The molecule has 0 aliphatic heterocycles. The first-order valence-electron chi connectivity index (χ1n) is 9.19. The molecule has 1 unspecified atom stereocenters. The van der Waals surface area contributed by atoms with Crippen LogP contribution in [-0.2, 0) is 14.3 Å². The quantitative estimate of drug-likeness (QED) is 0.174. The number of benzene rings is 3. The number of hydrogen-bond donors (Lipinski definition) is 0. The molecule has 0 heterocycles. The summed E-state index contributed by atoms with van der Waals surface area (Å²) in [7, 11) is 0. The third-order valence-corrected chi connectivity index (χ3v) is 4.37. The van der Waals surface area contributed by atoms with Gasteiger partial charge in [0.25, 0.3) is 0 Å². The molecule has 0 radical (unpaired) electrons. The van der Waals surface area contributed by atoms with E-state index in [-0.39, 0.29) is 13.2 Å². The van der Waals surface area contributed by atoms with Gasteiger partial charge in [0.1, 0.15) is 12.4 Å². The Morgan fingerprint density at radius 2 is 1.82 bits per heavy atom. The number of esters is 1. The maximum Gasteiger partial charge on any atom is 0.330 e. The second-order valence-electron chi connectivity index (χ2n) is 6.55. The number of hydrogen-bond acceptors (Lipinski definition) is 4. The first-order valence-corrected chi connectivity index (χ1v) is 9.19. The van der Waals surface area contributed by atoms with Crippen LogP contribution < -0.4 is 4.74 Å². The smallest absolute Gasteiger partial charge is 0.330 e. The zero-order valence-electron chi connectivity index (χ0n) is 16.0. The Bertz CT molecular complexity index is 1010. The summed E-state index contributed by atoms with van der Waals surface area (Å²) in [5.74, 6) is 0.273. The normalized spacial score (nSPS) is 11.9. The fourth-order valence-electron chi connectivity index (χ4n) is 3.08. The van der Waals surface area contributed by atoms with Gasteiger partial charge in [0.2, 0.25) is 0 Å². The van der Waals surface area contributed by atoms with Crippen LogP contribution in [0.25, 0.3) is 21.5 Å². The maximum atomic E-state index is 11.7. The number of ether oxygens (including phenoxy) is 3. The van der Waals surface area contributed by atoms with E-state index in [1.165, 1.54) is 0 Å². The highest BCUT2D eigenvalue weighted by atomic mass is 16.6. The average molecular weight is 376 g/mol. The Morgan fingerprint density at radius 1 is 1.04 bits per heavy atom. The molecule has 3 aromatic carbocycles. The summed E-state index contributed by atoms with van der Waals surface area (Å²) >= 11 is 0. The Kier molecular flexibility index (Phi) is 6.45. The van der Waals surface area contributed by atoms with E-state index in [2.05, 4.69) is 50.4 Å². The molecule has 144 valence electrons. The summed E-state index contributed by atoms with van der Waals surface area (Å²) < 4.78 is 17.0. The fourth-order valence-corrected chi connectivity index (χ4v) is 3.08. The van der Waals surface area contributed by atoms with Gasteiger partial charge in [-0.3, -0.25) is 0 Å². The lowest BCUT2D eigenvalue weighted by Gasteiger charge is -2.19. The van der Waals surface area contributed by atoms with E-state index >= 15 is 0 Å². The van der Waals surface area contributed by atoms with Crippen molar-refractivity contribution in [1.82, 2.24) is 0 Å². The van der Waals surface area contributed by atoms with Crippen LogP contribution in [0.2, 0.25) is 0 Å². The second kappa shape index (κ2) is 9.20. The van der Waals surface area contributed by atoms with Crippen molar-refractivity contribution in [3.05, 3.63) is 79.4 Å². The molecule has 4 nitrogen and oxygen atoms in total. The van der Waals surface area contributed by atoms with Gasteiger partial charge < -0.3 is 14.2 Å². The molecule has 0 saturated heterocycles. The van der Waals surface area contributed by atoms with Gasteiger partial charge in [-0.2, -0.15) is 0 Å². The van der Waals surface area contributed by atoms with Crippen molar-refractivity contribution < 1.29 is 19.0 Å². The lowest BCUT2D eigenvalue weighted by atomic mass is 10.0. The van der Waals surface area contributed by atoms with E-state index in [4.69, 9.17) is 14.2 Å². The monoisotopic (exact) mass is 376 g/mol. The molecule has 1 atom stereocenters. The van der Waals surface area contributed by atoms with Gasteiger partial charge in [-0.1, -0.05) is 54.6 Å². The molecule has 0 spiro atoms. The van der Waals surface area contributed by atoms with Gasteiger partial charge in [0.15, 0.2) is 6.10 Å². The van der Waals surface area contributed by atoms with Crippen LogP contribution in [0, 0.1) is 6.92 Å². The highest BCUT2D eigenvalue weighted by molar-refractivity contribution is 6.05. The topological polar surface area (TPSA) is 44.8 Å². The summed E-state index contributed by atoms with van der Waals surface area (Å²) in [5.41, 5.74) is 1.15. The van der Waals surface area contributed by atoms with Crippen molar-refractivity contribution in [3.63, 3.8) is 0 Å². The van der Waals surface area contributed by atoms with E-state index < -0.39 is 12.1 Å². The SMILES string of the molecule is C=CCOCC(COc1c2ccccc2cc2ccc(C)cc12)OC(=O)C=C. The highest BCUT2D eigenvalue weighted by Crippen LogP contribution is 2.35. The van der Waals surface area contributed by atoms with Crippen molar-refractivity contribution in [1.29, 1.82) is 0 Å². The molecule has 0 saturated carbocycles.